The summed E-state index contributed by atoms with van der Waals surface area (Å²) in [4.78, 5) is 12.9. The Kier molecular flexibility index (Phi) is 3.86. The number of ketones is 1. The Hall–Kier alpha value is -0.840. The molecule has 2 aromatic rings. The molecule has 0 fully saturated rings. The molecule has 0 spiro atoms. The number of ether oxygens (including phenoxy) is 1. The molecule has 17 heavy (non-hydrogen) atoms. The molecule has 0 aliphatic rings. The second-order valence-corrected chi connectivity index (χ2v) is 5.45. The van der Waals surface area contributed by atoms with E-state index < -0.39 is 0 Å². The Morgan fingerprint density at radius 3 is 2.71 bits per heavy atom. The molecule has 0 saturated heterocycles. The van der Waals surface area contributed by atoms with Crippen LogP contribution in [0.25, 0.3) is 0 Å². The number of halogens is 2. The van der Waals surface area contributed by atoms with Gasteiger partial charge in [0.15, 0.2) is 0 Å². The smallest absolute Gasteiger partial charge is 0.205 e. The van der Waals surface area contributed by atoms with Crippen LogP contribution >= 0.6 is 38.9 Å². The standard InChI is InChI=1S/C12H8BrClO2S/c1-16-7-2-3-8(10(14)6-7)11(15)12-9(13)4-5-17-12/h2-6H,1H3. The average Bonchev–Trinajstić information content (AvgIpc) is 2.74. The SMILES string of the molecule is COc1ccc(C(=O)c2sccc2Br)c(Cl)c1. The Morgan fingerprint density at radius 2 is 2.18 bits per heavy atom. The molecule has 0 N–H and O–H groups in total. The largest absolute Gasteiger partial charge is 0.497 e. The van der Waals surface area contributed by atoms with Crippen LogP contribution in [0, 0.1) is 0 Å². The van der Waals surface area contributed by atoms with Gasteiger partial charge in [0.05, 0.1) is 17.0 Å². The summed E-state index contributed by atoms with van der Waals surface area (Å²) in [5, 5.41) is 2.25. The van der Waals surface area contributed by atoms with E-state index in [1.165, 1.54) is 11.3 Å². The van der Waals surface area contributed by atoms with Crippen LogP contribution in [0.2, 0.25) is 5.02 Å². The van der Waals surface area contributed by atoms with Crippen molar-refractivity contribution in [2.45, 2.75) is 0 Å². The van der Waals surface area contributed by atoms with Gasteiger partial charge in [-0.25, -0.2) is 0 Å². The summed E-state index contributed by atoms with van der Waals surface area (Å²) in [7, 11) is 1.56. The topological polar surface area (TPSA) is 26.3 Å². The third-order valence-corrected chi connectivity index (χ3v) is 4.39. The summed E-state index contributed by atoms with van der Waals surface area (Å²) in [6.07, 6.45) is 0. The highest BCUT2D eigenvalue weighted by molar-refractivity contribution is 9.10. The minimum Gasteiger partial charge on any atom is -0.497 e. The molecular formula is C12H8BrClO2S. The van der Waals surface area contributed by atoms with Crippen molar-refractivity contribution in [3.8, 4) is 5.75 Å². The first kappa shape index (κ1) is 12.6. The molecule has 0 atom stereocenters. The predicted octanol–water partition coefficient (Wildman–Crippen LogP) is 4.40. The molecule has 88 valence electrons. The van der Waals surface area contributed by atoms with Crippen molar-refractivity contribution in [3.05, 3.63) is 49.6 Å². The summed E-state index contributed by atoms with van der Waals surface area (Å²) >= 11 is 10.8. The van der Waals surface area contributed by atoms with Crippen molar-refractivity contribution in [2.75, 3.05) is 7.11 Å². The second kappa shape index (κ2) is 5.21. The molecule has 0 bridgehead atoms. The lowest BCUT2D eigenvalue weighted by Gasteiger charge is -2.05. The van der Waals surface area contributed by atoms with Crippen molar-refractivity contribution in [1.29, 1.82) is 0 Å². The number of methoxy groups -OCH3 is 1. The lowest BCUT2D eigenvalue weighted by molar-refractivity contribution is 0.104. The van der Waals surface area contributed by atoms with Gasteiger partial charge in [0.1, 0.15) is 5.75 Å². The molecule has 0 saturated carbocycles. The summed E-state index contributed by atoms with van der Waals surface area (Å²) in [6.45, 7) is 0. The van der Waals surface area contributed by atoms with Gasteiger partial charge in [0.25, 0.3) is 0 Å². The monoisotopic (exact) mass is 330 g/mol. The van der Waals surface area contributed by atoms with E-state index in [4.69, 9.17) is 16.3 Å². The molecule has 1 aromatic heterocycles. The highest BCUT2D eigenvalue weighted by Gasteiger charge is 2.17. The minimum atomic E-state index is -0.0838. The number of carbonyl (C=O) groups is 1. The lowest BCUT2D eigenvalue weighted by Crippen LogP contribution is -2.00. The van der Waals surface area contributed by atoms with Crippen LogP contribution < -0.4 is 4.74 Å². The highest BCUT2D eigenvalue weighted by atomic mass is 79.9. The molecule has 5 heteroatoms. The number of thiophene rings is 1. The fourth-order valence-electron chi connectivity index (χ4n) is 1.39. The maximum atomic E-state index is 12.2. The normalized spacial score (nSPS) is 10.3. The first-order valence-electron chi connectivity index (χ1n) is 4.74. The predicted molar refractivity (Wildman–Crippen MR) is 73.5 cm³/mol. The molecule has 2 rings (SSSR count). The molecule has 0 unspecified atom stereocenters. The van der Waals surface area contributed by atoms with Crippen molar-refractivity contribution in [3.63, 3.8) is 0 Å². The van der Waals surface area contributed by atoms with Gasteiger partial charge in [0, 0.05) is 10.0 Å². The summed E-state index contributed by atoms with van der Waals surface area (Å²) < 4.78 is 5.83. The van der Waals surface area contributed by atoms with E-state index >= 15 is 0 Å². The van der Waals surface area contributed by atoms with Gasteiger partial charge >= 0.3 is 0 Å². The zero-order valence-corrected chi connectivity index (χ0v) is 12.0. The number of rotatable bonds is 3. The fourth-order valence-corrected chi connectivity index (χ4v) is 3.15. The van der Waals surface area contributed by atoms with Crippen LogP contribution in [0.4, 0.5) is 0 Å². The Bertz CT molecular complexity index is 565. The van der Waals surface area contributed by atoms with E-state index in [9.17, 15) is 4.79 Å². The molecular weight excluding hydrogens is 324 g/mol. The van der Waals surface area contributed by atoms with Gasteiger partial charge < -0.3 is 4.74 Å². The Morgan fingerprint density at radius 1 is 1.41 bits per heavy atom. The minimum absolute atomic E-state index is 0.0838. The van der Waals surface area contributed by atoms with Crippen molar-refractivity contribution in [2.24, 2.45) is 0 Å². The van der Waals surface area contributed by atoms with Crippen LogP contribution in [-0.2, 0) is 0 Å². The summed E-state index contributed by atoms with van der Waals surface area (Å²) in [5.74, 6) is 0.552. The van der Waals surface area contributed by atoms with Crippen LogP contribution in [0.5, 0.6) is 5.75 Å². The van der Waals surface area contributed by atoms with Crippen molar-refractivity contribution >= 4 is 44.7 Å². The van der Waals surface area contributed by atoms with Gasteiger partial charge in [-0.05, 0) is 45.6 Å². The molecule has 0 aliphatic heterocycles. The molecule has 2 nitrogen and oxygen atoms in total. The molecule has 1 aromatic carbocycles. The number of hydrogen-bond acceptors (Lipinski definition) is 3. The Balaban J connectivity index is 2.41. The van der Waals surface area contributed by atoms with Gasteiger partial charge in [-0.15, -0.1) is 11.3 Å². The van der Waals surface area contributed by atoms with E-state index in [2.05, 4.69) is 15.9 Å². The Labute approximate surface area is 116 Å². The number of benzene rings is 1. The third kappa shape index (κ3) is 2.54. The molecule has 0 amide bonds. The van der Waals surface area contributed by atoms with Crippen molar-refractivity contribution < 1.29 is 9.53 Å². The quantitative estimate of drug-likeness (QED) is 0.779. The highest BCUT2D eigenvalue weighted by Crippen LogP contribution is 2.29. The van der Waals surface area contributed by atoms with Gasteiger partial charge in [-0.1, -0.05) is 11.6 Å². The lowest BCUT2D eigenvalue weighted by atomic mass is 10.1. The van der Waals surface area contributed by atoms with Gasteiger partial charge in [0.2, 0.25) is 5.78 Å². The first-order chi connectivity index (χ1) is 8.13. The maximum absolute atomic E-state index is 12.2. The van der Waals surface area contributed by atoms with Crippen LogP contribution in [-0.4, -0.2) is 12.9 Å². The van der Waals surface area contributed by atoms with Crippen LogP contribution in [0.1, 0.15) is 15.2 Å². The van der Waals surface area contributed by atoms with E-state index in [0.29, 0.717) is 21.2 Å². The van der Waals surface area contributed by atoms with Gasteiger partial charge in [-0.2, -0.15) is 0 Å². The second-order valence-electron chi connectivity index (χ2n) is 3.27. The summed E-state index contributed by atoms with van der Waals surface area (Å²) in [6, 6.07) is 6.88. The molecule has 0 radical (unpaired) electrons. The molecule has 1 heterocycles. The van der Waals surface area contributed by atoms with Gasteiger partial charge in [-0.3, -0.25) is 4.79 Å². The number of hydrogen-bond donors (Lipinski definition) is 0. The zero-order chi connectivity index (χ0) is 12.4. The van der Waals surface area contributed by atoms with E-state index in [-0.39, 0.29) is 5.78 Å². The molecule has 0 aliphatic carbocycles. The maximum Gasteiger partial charge on any atom is 0.205 e. The first-order valence-corrected chi connectivity index (χ1v) is 6.79. The van der Waals surface area contributed by atoms with Crippen molar-refractivity contribution in [1.82, 2.24) is 0 Å². The average molecular weight is 332 g/mol. The van der Waals surface area contributed by atoms with E-state index in [1.807, 2.05) is 11.4 Å². The fraction of sp³-hybridized carbons (Fsp3) is 0.0833. The van der Waals surface area contributed by atoms with E-state index in [1.54, 1.807) is 25.3 Å². The zero-order valence-electron chi connectivity index (χ0n) is 8.87. The third-order valence-electron chi connectivity index (χ3n) is 2.24. The van der Waals surface area contributed by atoms with Crippen LogP contribution in [0.15, 0.2) is 34.1 Å². The van der Waals surface area contributed by atoms with E-state index in [0.717, 1.165) is 4.47 Å². The summed E-state index contributed by atoms with van der Waals surface area (Å²) in [5.41, 5.74) is 0.482. The number of carbonyl (C=O) groups excluding carboxylic acids is 1. The van der Waals surface area contributed by atoms with Crippen LogP contribution in [0.3, 0.4) is 0 Å².